The van der Waals surface area contributed by atoms with E-state index in [-0.39, 0.29) is 46.7 Å². The van der Waals surface area contributed by atoms with Crippen LogP contribution < -0.4 is 5.32 Å². The summed E-state index contributed by atoms with van der Waals surface area (Å²) in [4.78, 5) is 37.8. The summed E-state index contributed by atoms with van der Waals surface area (Å²) < 4.78 is 28.6. The molecule has 1 aliphatic rings. The molecule has 1 aromatic carbocycles. The zero-order valence-electron chi connectivity index (χ0n) is 26.7. The smallest absolute Gasteiger partial charge is 0.390 e. The Labute approximate surface area is 270 Å². The number of benzene rings is 1. The lowest BCUT2D eigenvalue weighted by atomic mass is 10.00. The summed E-state index contributed by atoms with van der Waals surface area (Å²) in [5, 5.41) is 17.5. The third-order valence-electron chi connectivity index (χ3n) is 8.11. The lowest BCUT2D eigenvalue weighted by Gasteiger charge is -2.33. The molecular formula is C32H45N6O5S2+. The van der Waals surface area contributed by atoms with Gasteiger partial charge in [-0.2, -0.15) is 4.31 Å². The first-order valence-electron chi connectivity index (χ1n) is 15.3. The van der Waals surface area contributed by atoms with E-state index in [4.69, 9.17) is 0 Å². The molecule has 3 aromatic rings. The quantitative estimate of drug-likeness (QED) is 0.239. The summed E-state index contributed by atoms with van der Waals surface area (Å²) in [5.74, 6) is -0.397. The van der Waals surface area contributed by atoms with Crippen LogP contribution in [0.3, 0.4) is 0 Å². The van der Waals surface area contributed by atoms with Crippen LogP contribution in [-0.4, -0.2) is 101 Å². The van der Waals surface area contributed by atoms with Gasteiger partial charge in [0.1, 0.15) is 29.7 Å². The largest absolute Gasteiger partial charge is 0.420 e. The molecule has 2 N–H and O–H groups in total. The molecule has 1 saturated heterocycles. The zero-order valence-corrected chi connectivity index (χ0v) is 28.3. The first-order valence-corrected chi connectivity index (χ1v) is 17.6. The number of nitrogens with one attached hydrogen (secondary N) is 1. The maximum atomic E-state index is 13.9. The molecule has 1 fully saturated rings. The number of hydrogen-bond acceptors (Lipinski definition) is 8. The van der Waals surface area contributed by atoms with Crippen molar-refractivity contribution in [1.29, 1.82) is 0 Å². The Bertz CT molecular complexity index is 1540. The third-order valence-corrected chi connectivity index (χ3v) is 10.7. The van der Waals surface area contributed by atoms with Gasteiger partial charge in [-0.25, -0.2) is 22.7 Å². The fourth-order valence-electron chi connectivity index (χ4n) is 5.74. The Hall–Kier alpha value is -3.23. The number of pyridine rings is 1. The second kappa shape index (κ2) is 14.9. The van der Waals surface area contributed by atoms with Gasteiger partial charge in [-0.15, -0.1) is 11.3 Å². The summed E-state index contributed by atoms with van der Waals surface area (Å²) in [7, 11) is -2.10. The SMILES string of the molecule is CC[C@@H](C(=O)N[C@@H](Cc1ccccc1)[C@H](O)CN(CC(C)C)S(=O)(=O)c1cccnc1)N1CC[N+](C)(Cc2csc(C)n2)C1=O. The van der Waals surface area contributed by atoms with E-state index in [9.17, 15) is 23.1 Å². The highest BCUT2D eigenvalue weighted by atomic mass is 32.2. The fourth-order valence-corrected chi connectivity index (χ4v) is 7.93. The summed E-state index contributed by atoms with van der Waals surface area (Å²) in [5.41, 5.74) is 1.73. The van der Waals surface area contributed by atoms with Crippen LogP contribution in [0.15, 0.2) is 65.1 Å². The monoisotopic (exact) mass is 657 g/mol. The van der Waals surface area contributed by atoms with Gasteiger partial charge in [0.05, 0.1) is 30.7 Å². The molecule has 4 rings (SSSR count). The van der Waals surface area contributed by atoms with Crippen molar-refractivity contribution in [2.45, 2.75) is 70.2 Å². The molecule has 45 heavy (non-hydrogen) atoms. The zero-order chi connectivity index (χ0) is 32.8. The minimum absolute atomic E-state index is 0.0166. The summed E-state index contributed by atoms with van der Waals surface area (Å²) in [6.45, 7) is 8.96. The number of likely N-dealkylation sites (N-methyl/N-ethyl adjacent to an activating group) is 1. The molecule has 0 saturated carbocycles. The number of thiazole rings is 1. The second-order valence-corrected chi connectivity index (χ2v) is 15.3. The van der Waals surface area contributed by atoms with Gasteiger partial charge in [0.25, 0.3) is 0 Å². The standard InChI is InChI=1S/C32H44N6O5S2/c1-6-29(37-15-16-38(5,32(37)41)21-26-22-44-24(4)34-26)31(40)35-28(17-25-11-8-7-9-12-25)30(39)20-36(19-23(2)3)45(42,43)27-13-10-14-33-18-27/h7-14,18,22-23,28-30,39H,6,15-17,19-21H2,1-5H3/p+1/t28-,29-,30+,38?/m0/s1. The lowest BCUT2D eigenvalue weighted by molar-refractivity contribution is -0.835. The number of carbonyl (C=O) groups excluding carboxylic acids is 2. The Balaban J connectivity index is 1.55. The molecule has 1 aliphatic heterocycles. The summed E-state index contributed by atoms with van der Waals surface area (Å²) in [6.07, 6.45) is 2.22. The van der Waals surface area contributed by atoms with Gasteiger partial charge < -0.3 is 10.4 Å². The number of amides is 3. The second-order valence-electron chi connectivity index (χ2n) is 12.3. The van der Waals surface area contributed by atoms with Crippen molar-refractivity contribution in [1.82, 2.24) is 24.5 Å². The van der Waals surface area contributed by atoms with Crippen LogP contribution >= 0.6 is 11.3 Å². The Morgan fingerprint density at radius 1 is 1.18 bits per heavy atom. The topological polar surface area (TPSA) is 133 Å². The van der Waals surface area contributed by atoms with Gasteiger partial charge in [0.2, 0.25) is 15.9 Å². The molecule has 11 nitrogen and oxygen atoms in total. The number of sulfonamides is 1. The van der Waals surface area contributed by atoms with Crippen LogP contribution in [-0.2, 0) is 27.8 Å². The molecule has 13 heteroatoms. The first kappa shape index (κ1) is 34.6. The molecule has 3 amide bonds. The van der Waals surface area contributed by atoms with Gasteiger partial charge in [0, 0.05) is 30.9 Å². The maximum absolute atomic E-state index is 13.9. The van der Waals surface area contributed by atoms with Crippen molar-refractivity contribution in [2.24, 2.45) is 5.92 Å². The van der Waals surface area contributed by atoms with Gasteiger partial charge in [-0.3, -0.25) is 14.7 Å². The number of nitrogens with zero attached hydrogens (tertiary/aromatic N) is 5. The van der Waals surface area contributed by atoms with Crippen molar-refractivity contribution < 1.29 is 27.6 Å². The van der Waals surface area contributed by atoms with E-state index in [1.807, 2.05) is 70.5 Å². The lowest BCUT2D eigenvalue weighted by Crippen LogP contribution is -2.57. The number of aliphatic hydroxyl groups excluding tert-OH is 1. The minimum atomic E-state index is -3.97. The predicted octanol–water partition coefficient (Wildman–Crippen LogP) is 3.44. The molecule has 2 aromatic heterocycles. The number of aliphatic hydroxyl groups is 1. The highest BCUT2D eigenvalue weighted by Gasteiger charge is 2.48. The van der Waals surface area contributed by atoms with Gasteiger partial charge in [-0.05, 0) is 43.4 Å². The normalized spacial score (nSPS) is 19.2. The van der Waals surface area contributed by atoms with E-state index in [0.29, 0.717) is 26.1 Å². The number of hydrogen-bond donors (Lipinski definition) is 2. The molecule has 3 heterocycles. The summed E-state index contributed by atoms with van der Waals surface area (Å²) >= 11 is 1.54. The van der Waals surface area contributed by atoms with Crippen LogP contribution in [0.2, 0.25) is 0 Å². The average molecular weight is 658 g/mol. The minimum Gasteiger partial charge on any atom is -0.390 e. The fraction of sp³-hybridized carbons (Fsp3) is 0.500. The molecule has 1 unspecified atom stereocenters. The van der Waals surface area contributed by atoms with E-state index in [1.165, 1.54) is 22.8 Å². The molecule has 0 aliphatic carbocycles. The molecule has 0 radical (unpaired) electrons. The van der Waals surface area contributed by atoms with Crippen LogP contribution in [0.1, 0.15) is 43.5 Å². The molecule has 4 atom stereocenters. The third kappa shape index (κ3) is 8.53. The van der Waals surface area contributed by atoms with Gasteiger partial charge >= 0.3 is 6.03 Å². The van der Waals surface area contributed by atoms with Gasteiger partial charge in [-0.1, -0.05) is 51.1 Å². The highest BCUT2D eigenvalue weighted by molar-refractivity contribution is 7.89. The van der Waals surface area contributed by atoms with Crippen molar-refractivity contribution >= 4 is 33.3 Å². The van der Waals surface area contributed by atoms with Crippen LogP contribution in [0, 0.1) is 12.8 Å². The Kier molecular flexibility index (Phi) is 11.5. The van der Waals surface area contributed by atoms with Crippen molar-refractivity contribution in [3.05, 3.63) is 76.5 Å². The molecule has 0 bridgehead atoms. The van der Waals surface area contributed by atoms with E-state index < -0.39 is 28.2 Å². The van der Waals surface area contributed by atoms with Gasteiger partial charge in [0.15, 0.2) is 0 Å². The molecule has 0 spiro atoms. The number of rotatable bonds is 15. The summed E-state index contributed by atoms with van der Waals surface area (Å²) in [6, 6.07) is 10.8. The number of carbonyl (C=O) groups is 2. The van der Waals surface area contributed by atoms with Crippen molar-refractivity contribution in [3.8, 4) is 0 Å². The Morgan fingerprint density at radius 2 is 1.91 bits per heavy atom. The van der Waals surface area contributed by atoms with E-state index in [2.05, 4.69) is 15.3 Å². The maximum Gasteiger partial charge on any atom is 0.420 e. The van der Waals surface area contributed by atoms with Crippen molar-refractivity contribution in [3.63, 3.8) is 0 Å². The van der Waals surface area contributed by atoms with Crippen LogP contribution in [0.4, 0.5) is 4.79 Å². The van der Waals surface area contributed by atoms with Crippen LogP contribution in [0.5, 0.6) is 0 Å². The van der Waals surface area contributed by atoms with Crippen molar-refractivity contribution in [2.75, 3.05) is 33.2 Å². The number of aryl methyl sites for hydroxylation is 1. The van der Waals surface area contributed by atoms with E-state index >= 15 is 0 Å². The highest BCUT2D eigenvalue weighted by Crippen LogP contribution is 2.25. The molecular weight excluding hydrogens is 613 g/mol. The van der Waals surface area contributed by atoms with E-state index in [1.54, 1.807) is 22.3 Å². The molecule has 244 valence electrons. The van der Waals surface area contributed by atoms with Crippen LogP contribution in [0.25, 0.3) is 0 Å². The predicted molar refractivity (Wildman–Crippen MR) is 174 cm³/mol. The first-order chi connectivity index (χ1) is 21.3. The number of urea groups is 1. The number of quaternary nitrogens is 1. The Morgan fingerprint density at radius 3 is 2.51 bits per heavy atom. The average Bonchev–Trinajstić information content (AvgIpc) is 3.54. The number of aromatic nitrogens is 2. The van der Waals surface area contributed by atoms with E-state index in [0.717, 1.165) is 16.3 Å².